The monoisotopic (exact) mass is 362 g/mol. The summed E-state index contributed by atoms with van der Waals surface area (Å²) in [5, 5.41) is 6.11. The number of nitrogens with zero attached hydrogens (tertiary/aromatic N) is 2. The molecule has 7 nitrogen and oxygen atoms in total. The lowest BCUT2D eigenvalue weighted by molar-refractivity contribution is 0.0946. The molecule has 1 aliphatic heterocycles. The summed E-state index contributed by atoms with van der Waals surface area (Å²) in [6, 6.07) is 14.9. The molecule has 136 valence electrons. The molecule has 0 unspecified atom stereocenters. The Morgan fingerprint density at radius 2 is 1.89 bits per heavy atom. The standard InChI is InChI=1S/C20H18N4O3/c25-20(24-11-14-4-5-18-19(9-14)27-13-26-18)17-10-15(6-8-22-17)23-12-16-3-1-2-7-21-16/h1-10H,11-13H2,(H,22,23)(H,24,25). The molecule has 0 bridgehead atoms. The van der Waals surface area contributed by atoms with E-state index in [1.807, 2.05) is 42.5 Å². The van der Waals surface area contributed by atoms with Crippen molar-refractivity contribution in [1.29, 1.82) is 0 Å². The van der Waals surface area contributed by atoms with Crippen LogP contribution in [-0.4, -0.2) is 22.7 Å². The van der Waals surface area contributed by atoms with E-state index in [2.05, 4.69) is 20.6 Å². The number of ether oxygens (including phenoxy) is 2. The molecule has 0 fully saturated rings. The molecule has 7 heteroatoms. The lowest BCUT2D eigenvalue weighted by atomic mass is 10.2. The molecule has 1 aromatic carbocycles. The number of rotatable bonds is 6. The van der Waals surface area contributed by atoms with Crippen molar-refractivity contribution in [3.63, 3.8) is 0 Å². The van der Waals surface area contributed by atoms with Gasteiger partial charge in [0.25, 0.3) is 5.91 Å². The van der Waals surface area contributed by atoms with Crippen molar-refractivity contribution in [3.8, 4) is 11.5 Å². The molecule has 1 amide bonds. The Kier molecular flexibility index (Phi) is 4.82. The molecular weight excluding hydrogens is 344 g/mol. The maximum absolute atomic E-state index is 12.4. The first-order valence-electron chi connectivity index (χ1n) is 8.54. The third kappa shape index (κ3) is 4.14. The molecule has 3 aromatic rings. The minimum Gasteiger partial charge on any atom is -0.454 e. The lowest BCUT2D eigenvalue weighted by Crippen LogP contribution is -2.23. The van der Waals surface area contributed by atoms with Crippen LogP contribution in [-0.2, 0) is 13.1 Å². The number of nitrogens with one attached hydrogen (secondary N) is 2. The van der Waals surface area contributed by atoms with Gasteiger partial charge < -0.3 is 20.1 Å². The zero-order valence-corrected chi connectivity index (χ0v) is 14.5. The van der Waals surface area contributed by atoms with Gasteiger partial charge in [-0.15, -0.1) is 0 Å². The number of pyridine rings is 2. The Morgan fingerprint density at radius 1 is 0.963 bits per heavy atom. The summed E-state index contributed by atoms with van der Waals surface area (Å²) in [6.07, 6.45) is 3.36. The van der Waals surface area contributed by atoms with Crippen LogP contribution < -0.4 is 20.1 Å². The second-order valence-corrected chi connectivity index (χ2v) is 5.97. The van der Waals surface area contributed by atoms with E-state index >= 15 is 0 Å². The van der Waals surface area contributed by atoms with Crippen LogP contribution in [0.25, 0.3) is 0 Å². The molecule has 27 heavy (non-hydrogen) atoms. The van der Waals surface area contributed by atoms with Gasteiger partial charge >= 0.3 is 0 Å². The van der Waals surface area contributed by atoms with Gasteiger partial charge in [0.05, 0.1) is 12.2 Å². The number of carbonyl (C=O) groups is 1. The Labute approximate surface area is 156 Å². The van der Waals surface area contributed by atoms with Crippen molar-refractivity contribution in [2.24, 2.45) is 0 Å². The minimum atomic E-state index is -0.242. The Bertz CT molecular complexity index is 947. The molecule has 2 N–H and O–H groups in total. The van der Waals surface area contributed by atoms with Gasteiger partial charge in [-0.25, -0.2) is 0 Å². The highest BCUT2D eigenvalue weighted by Gasteiger charge is 2.14. The summed E-state index contributed by atoms with van der Waals surface area (Å²) >= 11 is 0. The zero-order chi connectivity index (χ0) is 18.5. The van der Waals surface area contributed by atoms with Gasteiger partial charge in [-0.2, -0.15) is 0 Å². The largest absolute Gasteiger partial charge is 0.454 e. The predicted molar refractivity (Wildman–Crippen MR) is 99.5 cm³/mol. The van der Waals surface area contributed by atoms with Gasteiger partial charge in [0.15, 0.2) is 11.5 Å². The SMILES string of the molecule is O=C(NCc1ccc2c(c1)OCO2)c1cc(NCc2ccccn2)ccn1. The number of fused-ring (bicyclic) bond motifs is 1. The van der Waals surface area contributed by atoms with Gasteiger partial charge in [-0.3, -0.25) is 14.8 Å². The van der Waals surface area contributed by atoms with Gasteiger partial charge in [0.1, 0.15) is 5.69 Å². The molecule has 0 radical (unpaired) electrons. The number of aromatic nitrogens is 2. The molecule has 3 heterocycles. The number of hydrogen-bond donors (Lipinski definition) is 2. The van der Waals surface area contributed by atoms with Crippen LogP contribution in [0.2, 0.25) is 0 Å². The number of amides is 1. The predicted octanol–water partition coefficient (Wildman–Crippen LogP) is 2.75. The summed E-state index contributed by atoms with van der Waals surface area (Å²) < 4.78 is 10.6. The van der Waals surface area contributed by atoms with E-state index in [1.54, 1.807) is 18.5 Å². The van der Waals surface area contributed by atoms with Crippen molar-refractivity contribution in [3.05, 3.63) is 77.9 Å². The van der Waals surface area contributed by atoms with E-state index in [0.29, 0.717) is 24.5 Å². The van der Waals surface area contributed by atoms with Crippen LogP contribution in [0.15, 0.2) is 60.9 Å². The van der Waals surface area contributed by atoms with Crippen molar-refractivity contribution in [2.45, 2.75) is 13.1 Å². The average molecular weight is 362 g/mol. The number of carbonyl (C=O) groups excluding carboxylic acids is 1. The average Bonchev–Trinajstić information content (AvgIpc) is 3.19. The smallest absolute Gasteiger partial charge is 0.270 e. The van der Waals surface area contributed by atoms with Gasteiger partial charge in [0, 0.05) is 24.6 Å². The van der Waals surface area contributed by atoms with Crippen molar-refractivity contribution < 1.29 is 14.3 Å². The summed E-state index contributed by atoms with van der Waals surface area (Å²) in [5.41, 5.74) is 3.01. The van der Waals surface area contributed by atoms with E-state index in [0.717, 1.165) is 22.7 Å². The highest BCUT2D eigenvalue weighted by molar-refractivity contribution is 5.93. The van der Waals surface area contributed by atoms with Crippen molar-refractivity contribution in [2.75, 3.05) is 12.1 Å². The quantitative estimate of drug-likeness (QED) is 0.701. The summed E-state index contributed by atoms with van der Waals surface area (Å²) in [6.45, 7) is 1.18. The number of benzene rings is 1. The van der Waals surface area contributed by atoms with E-state index in [-0.39, 0.29) is 12.7 Å². The van der Waals surface area contributed by atoms with Crippen molar-refractivity contribution >= 4 is 11.6 Å². The summed E-state index contributed by atoms with van der Waals surface area (Å²) in [7, 11) is 0. The second-order valence-electron chi connectivity index (χ2n) is 5.97. The van der Waals surface area contributed by atoms with Crippen LogP contribution in [0.3, 0.4) is 0 Å². The van der Waals surface area contributed by atoms with E-state index in [9.17, 15) is 4.79 Å². The third-order valence-electron chi connectivity index (χ3n) is 4.08. The molecule has 4 rings (SSSR count). The minimum absolute atomic E-state index is 0.230. The molecule has 0 spiro atoms. The Morgan fingerprint density at radius 3 is 2.78 bits per heavy atom. The fourth-order valence-corrected chi connectivity index (χ4v) is 2.68. The Balaban J connectivity index is 1.36. The topological polar surface area (TPSA) is 85.4 Å². The van der Waals surface area contributed by atoms with E-state index in [4.69, 9.17) is 9.47 Å². The Hall–Kier alpha value is -3.61. The second kappa shape index (κ2) is 7.74. The van der Waals surface area contributed by atoms with Crippen LogP contribution in [0.4, 0.5) is 5.69 Å². The first-order chi connectivity index (χ1) is 13.3. The summed E-state index contributed by atoms with van der Waals surface area (Å²) in [5.74, 6) is 1.17. The molecule has 0 saturated carbocycles. The number of anilines is 1. The van der Waals surface area contributed by atoms with Crippen LogP contribution >= 0.6 is 0 Å². The van der Waals surface area contributed by atoms with E-state index in [1.165, 1.54) is 0 Å². The van der Waals surface area contributed by atoms with Gasteiger partial charge in [-0.05, 0) is 42.0 Å². The zero-order valence-electron chi connectivity index (χ0n) is 14.5. The number of hydrogen-bond acceptors (Lipinski definition) is 6. The molecule has 0 aliphatic carbocycles. The first kappa shape index (κ1) is 16.8. The molecule has 0 saturated heterocycles. The maximum atomic E-state index is 12.4. The van der Waals surface area contributed by atoms with Gasteiger partial charge in [-0.1, -0.05) is 12.1 Å². The van der Waals surface area contributed by atoms with E-state index < -0.39 is 0 Å². The molecule has 1 aliphatic rings. The van der Waals surface area contributed by atoms with Gasteiger partial charge in [0.2, 0.25) is 6.79 Å². The highest BCUT2D eigenvalue weighted by Crippen LogP contribution is 2.32. The fraction of sp³-hybridized carbons (Fsp3) is 0.150. The molecule has 0 atom stereocenters. The molecule has 2 aromatic heterocycles. The highest BCUT2D eigenvalue weighted by atomic mass is 16.7. The maximum Gasteiger partial charge on any atom is 0.270 e. The van der Waals surface area contributed by atoms with Crippen LogP contribution in [0.5, 0.6) is 11.5 Å². The molecular formula is C20H18N4O3. The van der Waals surface area contributed by atoms with Crippen LogP contribution in [0.1, 0.15) is 21.7 Å². The normalized spacial score (nSPS) is 11.9. The fourth-order valence-electron chi connectivity index (χ4n) is 2.68. The summed E-state index contributed by atoms with van der Waals surface area (Å²) in [4.78, 5) is 20.8. The first-order valence-corrected chi connectivity index (χ1v) is 8.54. The van der Waals surface area contributed by atoms with Crippen LogP contribution in [0, 0.1) is 0 Å². The third-order valence-corrected chi connectivity index (χ3v) is 4.08. The van der Waals surface area contributed by atoms with Crippen molar-refractivity contribution in [1.82, 2.24) is 15.3 Å². The lowest BCUT2D eigenvalue weighted by Gasteiger charge is -2.09.